The van der Waals surface area contributed by atoms with E-state index >= 15 is 0 Å². The lowest BCUT2D eigenvalue weighted by molar-refractivity contribution is 0.0981. The summed E-state index contributed by atoms with van der Waals surface area (Å²) in [6.07, 6.45) is 3.98. The van der Waals surface area contributed by atoms with Crippen LogP contribution in [0.15, 0.2) is 30.3 Å². The summed E-state index contributed by atoms with van der Waals surface area (Å²) < 4.78 is 11.7. The molecule has 30 heavy (non-hydrogen) atoms. The molecule has 1 heterocycles. The van der Waals surface area contributed by atoms with Gasteiger partial charge < -0.3 is 9.47 Å². The molecular weight excluding hydrogens is 398 g/mol. The van der Waals surface area contributed by atoms with Gasteiger partial charge >= 0.3 is 0 Å². The third-order valence-corrected chi connectivity index (χ3v) is 5.65. The second-order valence-electron chi connectivity index (χ2n) is 7.92. The van der Waals surface area contributed by atoms with Gasteiger partial charge in [0.05, 0.1) is 7.11 Å². The predicted molar refractivity (Wildman–Crippen MR) is 126 cm³/mol. The van der Waals surface area contributed by atoms with E-state index in [9.17, 15) is 4.79 Å². The highest BCUT2D eigenvalue weighted by Gasteiger charge is 2.18. The number of carbonyl (C=O) groups excluding carboxylic acids is 1. The largest absolute Gasteiger partial charge is 0.497 e. The van der Waals surface area contributed by atoms with Crippen molar-refractivity contribution in [1.82, 2.24) is 4.90 Å². The van der Waals surface area contributed by atoms with E-state index in [1.807, 2.05) is 38.1 Å². The molecule has 5 heteroatoms. The van der Waals surface area contributed by atoms with E-state index in [-0.39, 0.29) is 18.2 Å². The van der Waals surface area contributed by atoms with Gasteiger partial charge in [-0.15, -0.1) is 12.4 Å². The molecule has 0 amide bonds. The highest BCUT2D eigenvalue weighted by molar-refractivity contribution is 5.98. The molecule has 2 aromatic carbocycles. The molecule has 0 aliphatic carbocycles. The molecule has 1 fully saturated rings. The van der Waals surface area contributed by atoms with E-state index in [0.717, 1.165) is 65.4 Å². The highest BCUT2D eigenvalue weighted by atomic mass is 35.5. The molecule has 1 saturated heterocycles. The molecule has 0 saturated carbocycles. The Kier molecular flexibility index (Phi) is 9.19. The molecule has 0 spiro atoms. The lowest BCUT2D eigenvalue weighted by atomic mass is 9.93. The van der Waals surface area contributed by atoms with E-state index in [1.54, 1.807) is 7.11 Å². The normalized spacial score (nSPS) is 13.7. The van der Waals surface area contributed by atoms with Crippen molar-refractivity contribution in [2.24, 2.45) is 0 Å². The first-order chi connectivity index (χ1) is 14.0. The number of hydrogen-bond acceptors (Lipinski definition) is 4. The number of rotatable bonds is 9. The zero-order valence-electron chi connectivity index (χ0n) is 18.6. The van der Waals surface area contributed by atoms with Gasteiger partial charge in [0.25, 0.3) is 0 Å². The minimum atomic E-state index is 0. The van der Waals surface area contributed by atoms with Crippen molar-refractivity contribution in [3.8, 4) is 22.6 Å². The molecule has 164 valence electrons. The number of benzene rings is 2. The number of ether oxygens (including phenoxy) is 2. The first kappa shape index (κ1) is 24.2. The van der Waals surface area contributed by atoms with Crippen LogP contribution >= 0.6 is 12.4 Å². The summed E-state index contributed by atoms with van der Waals surface area (Å²) in [5, 5.41) is 0. The number of hydrogen-bond donors (Lipinski definition) is 0. The molecule has 1 aliphatic rings. The van der Waals surface area contributed by atoms with Gasteiger partial charge in [0.15, 0.2) is 5.78 Å². The Morgan fingerprint density at radius 3 is 2.40 bits per heavy atom. The summed E-state index contributed by atoms with van der Waals surface area (Å²) in [5.41, 5.74) is 4.95. The van der Waals surface area contributed by atoms with Crippen molar-refractivity contribution in [2.45, 2.75) is 46.5 Å². The van der Waals surface area contributed by atoms with Gasteiger partial charge in [-0.1, -0.05) is 13.0 Å². The van der Waals surface area contributed by atoms with Crippen LogP contribution in [-0.4, -0.2) is 44.0 Å². The smallest absolute Gasteiger partial charge is 0.162 e. The standard InChI is InChI=1S/C25H33NO3.ClH/c1-5-8-24(27)20-15-19(3)25(29-14-13-26-11-6-7-12-26)23(17-20)22-10-9-21(28-4)16-18(22)2;/h9-10,15-17H,5-8,11-14H2,1-4H3;1H. The summed E-state index contributed by atoms with van der Waals surface area (Å²) in [6.45, 7) is 10.1. The Morgan fingerprint density at radius 2 is 1.77 bits per heavy atom. The molecule has 4 nitrogen and oxygen atoms in total. The first-order valence-electron chi connectivity index (χ1n) is 10.7. The van der Waals surface area contributed by atoms with Crippen molar-refractivity contribution < 1.29 is 14.3 Å². The fraction of sp³-hybridized carbons (Fsp3) is 0.480. The average Bonchev–Trinajstić information content (AvgIpc) is 3.22. The zero-order chi connectivity index (χ0) is 20.8. The molecule has 0 bridgehead atoms. The summed E-state index contributed by atoms with van der Waals surface area (Å²) in [6, 6.07) is 10.0. The quantitative estimate of drug-likeness (QED) is 0.466. The minimum absolute atomic E-state index is 0. The minimum Gasteiger partial charge on any atom is -0.497 e. The van der Waals surface area contributed by atoms with Crippen LogP contribution in [-0.2, 0) is 0 Å². The summed E-state index contributed by atoms with van der Waals surface area (Å²) in [5.74, 6) is 1.90. The van der Waals surface area contributed by atoms with Gasteiger partial charge in [-0.25, -0.2) is 0 Å². The number of methoxy groups -OCH3 is 1. The Hall–Kier alpha value is -2.04. The molecule has 2 aromatic rings. The second-order valence-corrected chi connectivity index (χ2v) is 7.92. The maximum atomic E-state index is 12.6. The lowest BCUT2D eigenvalue weighted by Gasteiger charge is -2.20. The topological polar surface area (TPSA) is 38.8 Å². The first-order valence-corrected chi connectivity index (χ1v) is 10.7. The number of likely N-dealkylation sites (tertiary alicyclic amines) is 1. The molecule has 1 aliphatic heterocycles. The van der Waals surface area contributed by atoms with Gasteiger partial charge in [-0.2, -0.15) is 0 Å². The number of ketones is 1. The average molecular weight is 432 g/mol. The van der Waals surface area contributed by atoms with Crippen LogP contribution in [0.1, 0.15) is 54.1 Å². The Balaban J connectivity index is 0.00000320. The Labute approximate surface area is 187 Å². The molecule has 3 rings (SSSR count). The SMILES string of the molecule is CCCC(=O)c1cc(C)c(OCCN2CCCC2)c(-c2ccc(OC)cc2C)c1.Cl. The fourth-order valence-electron chi connectivity index (χ4n) is 4.05. The maximum absolute atomic E-state index is 12.6. The summed E-state index contributed by atoms with van der Waals surface area (Å²) in [4.78, 5) is 15.0. The van der Waals surface area contributed by atoms with Gasteiger partial charge in [-0.3, -0.25) is 9.69 Å². The van der Waals surface area contributed by atoms with Crippen molar-refractivity contribution in [1.29, 1.82) is 0 Å². The highest BCUT2D eigenvalue weighted by Crippen LogP contribution is 2.37. The van der Waals surface area contributed by atoms with Gasteiger partial charge in [-0.05, 0) is 87.2 Å². The van der Waals surface area contributed by atoms with Crippen molar-refractivity contribution in [3.63, 3.8) is 0 Å². The maximum Gasteiger partial charge on any atom is 0.162 e. The molecule has 0 aromatic heterocycles. The van der Waals surface area contributed by atoms with Gasteiger partial charge in [0.1, 0.15) is 18.1 Å². The second kappa shape index (κ2) is 11.4. The van der Waals surface area contributed by atoms with Crippen LogP contribution in [0, 0.1) is 13.8 Å². The molecule has 0 N–H and O–H groups in total. The number of Topliss-reactive ketones (excluding diaryl/α,β-unsaturated/α-hetero) is 1. The van der Waals surface area contributed by atoms with Crippen molar-refractivity contribution in [2.75, 3.05) is 33.4 Å². The summed E-state index contributed by atoms with van der Waals surface area (Å²) in [7, 11) is 1.68. The van der Waals surface area contributed by atoms with Crippen LogP contribution in [0.4, 0.5) is 0 Å². The zero-order valence-corrected chi connectivity index (χ0v) is 19.4. The van der Waals surface area contributed by atoms with E-state index in [0.29, 0.717) is 13.0 Å². The van der Waals surface area contributed by atoms with E-state index < -0.39 is 0 Å². The van der Waals surface area contributed by atoms with Crippen molar-refractivity contribution in [3.05, 3.63) is 47.0 Å². The fourth-order valence-corrected chi connectivity index (χ4v) is 4.05. The number of aryl methyl sites for hydroxylation is 2. The lowest BCUT2D eigenvalue weighted by Crippen LogP contribution is -2.25. The van der Waals surface area contributed by atoms with Crippen LogP contribution in [0.5, 0.6) is 11.5 Å². The van der Waals surface area contributed by atoms with Crippen LogP contribution < -0.4 is 9.47 Å². The van der Waals surface area contributed by atoms with Gasteiger partial charge in [0, 0.05) is 24.1 Å². The van der Waals surface area contributed by atoms with Gasteiger partial charge in [0.2, 0.25) is 0 Å². The summed E-state index contributed by atoms with van der Waals surface area (Å²) >= 11 is 0. The number of carbonyl (C=O) groups is 1. The van der Waals surface area contributed by atoms with Crippen LogP contribution in [0.25, 0.3) is 11.1 Å². The van der Waals surface area contributed by atoms with Crippen LogP contribution in [0.3, 0.4) is 0 Å². The third-order valence-electron chi connectivity index (χ3n) is 5.65. The number of halogens is 1. The monoisotopic (exact) mass is 431 g/mol. The third kappa shape index (κ3) is 5.77. The molecular formula is C25H34ClNO3. The predicted octanol–water partition coefficient (Wildman–Crippen LogP) is 5.86. The number of nitrogens with zero attached hydrogens (tertiary/aromatic N) is 1. The van der Waals surface area contributed by atoms with Crippen molar-refractivity contribution >= 4 is 18.2 Å². The van der Waals surface area contributed by atoms with E-state index in [1.165, 1.54) is 12.8 Å². The Bertz CT molecular complexity index is 860. The Morgan fingerprint density at radius 1 is 1.03 bits per heavy atom. The molecule has 0 atom stereocenters. The van der Waals surface area contributed by atoms with E-state index in [4.69, 9.17) is 9.47 Å². The molecule has 0 radical (unpaired) electrons. The van der Waals surface area contributed by atoms with E-state index in [2.05, 4.69) is 17.9 Å². The van der Waals surface area contributed by atoms with Crippen LogP contribution in [0.2, 0.25) is 0 Å². The molecule has 0 unspecified atom stereocenters.